The fraction of sp³-hybridized carbons (Fsp3) is 0.364. The molecule has 0 aliphatic carbocycles. The van der Waals surface area contributed by atoms with Crippen molar-refractivity contribution in [1.29, 1.82) is 0 Å². The average Bonchev–Trinajstić information content (AvgIpc) is 2.35. The molecule has 98 valence electrons. The molecule has 0 spiro atoms. The molecule has 7 heteroatoms. The molecule has 4 N–H and O–H groups in total. The summed E-state index contributed by atoms with van der Waals surface area (Å²) in [6.07, 6.45) is -1.84. The molecule has 18 heavy (non-hydrogen) atoms. The molecular weight excluding hydrogens is 247 g/mol. The van der Waals surface area contributed by atoms with E-state index in [1.165, 1.54) is 6.07 Å². The van der Waals surface area contributed by atoms with Gasteiger partial charge in [-0.1, -0.05) is 0 Å². The average molecular weight is 259 g/mol. The van der Waals surface area contributed by atoms with Crippen LogP contribution in [0.25, 0.3) is 0 Å². The largest absolute Gasteiger partial charge is 0.462 e. The van der Waals surface area contributed by atoms with Gasteiger partial charge in [0.25, 0.3) is 6.02 Å². The summed E-state index contributed by atoms with van der Waals surface area (Å²) in [4.78, 5) is 3.61. The Morgan fingerprint density at radius 2 is 2.17 bits per heavy atom. The maximum atomic E-state index is 13.9. The quantitative estimate of drug-likeness (QED) is 0.785. The molecule has 4 nitrogen and oxygen atoms in total. The van der Waals surface area contributed by atoms with Crippen LogP contribution < -0.4 is 11.5 Å². The monoisotopic (exact) mass is 259 g/mol. The molecule has 0 radical (unpaired) electrons. The third kappa shape index (κ3) is 1.85. The number of halogens is 3. The summed E-state index contributed by atoms with van der Waals surface area (Å²) in [5.41, 5.74) is 8.72. The molecular formula is C11H12F3N3O. The van der Waals surface area contributed by atoms with Gasteiger partial charge < -0.3 is 16.2 Å². The van der Waals surface area contributed by atoms with Gasteiger partial charge in [-0.3, -0.25) is 0 Å². The van der Waals surface area contributed by atoms with E-state index in [1.807, 2.05) is 0 Å². The van der Waals surface area contributed by atoms with E-state index >= 15 is 0 Å². The number of nitrogen functional groups attached to an aromatic ring is 1. The zero-order valence-electron chi connectivity index (χ0n) is 9.37. The SMILES string of the molecule is NC1=N[C@](CF)(c2cc(N)ccc2F)[C@@H](F)CO1. The number of amidine groups is 1. The smallest absolute Gasteiger partial charge is 0.283 e. The number of hydrogen-bond acceptors (Lipinski definition) is 4. The van der Waals surface area contributed by atoms with E-state index in [-0.39, 0.29) is 17.3 Å². The number of benzene rings is 1. The molecule has 0 aromatic heterocycles. The lowest BCUT2D eigenvalue weighted by Gasteiger charge is -2.34. The van der Waals surface area contributed by atoms with Crippen molar-refractivity contribution in [3.05, 3.63) is 29.6 Å². The second-order valence-electron chi connectivity index (χ2n) is 4.03. The minimum atomic E-state index is -2.03. The third-order valence-electron chi connectivity index (χ3n) is 2.87. The second-order valence-corrected chi connectivity index (χ2v) is 4.03. The zero-order chi connectivity index (χ0) is 13.3. The van der Waals surface area contributed by atoms with Crippen molar-refractivity contribution in [2.45, 2.75) is 11.7 Å². The highest BCUT2D eigenvalue weighted by molar-refractivity contribution is 5.73. The summed E-state index contributed by atoms with van der Waals surface area (Å²) < 4.78 is 45.6. The Morgan fingerprint density at radius 3 is 2.83 bits per heavy atom. The van der Waals surface area contributed by atoms with E-state index in [0.29, 0.717) is 0 Å². The van der Waals surface area contributed by atoms with Gasteiger partial charge in [0.1, 0.15) is 19.1 Å². The molecule has 0 saturated carbocycles. The number of aliphatic imine (C=N–C) groups is 1. The van der Waals surface area contributed by atoms with Crippen LogP contribution in [0.3, 0.4) is 0 Å². The first-order chi connectivity index (χ1) is 8.49. The highest BCUT2D eigenvalue weighted by Gasteiger charge is 2.47. The number of ether oxygens (including phenoxy) is 1. The summed E-state index contributed by atoms with van der Waals surface area (Å²) in [5.74, 6) is -0.789. The van der Waals surface area contributed by atoms with Gasteiger partial charge in [-0.2, -0.15) is 0 Å². The summed E-state index contributed by atoms with van der Waals surface area (Å²) in [6.45, 7) is -1.72. The Kier molecular flexibility index (Phi) is 3.06. The summed E-state index contributed by atoms with van der Waals surface area (Å²) >= 11 is 0. The first-order valence-electron chi connectivity index (χ1n) is 5.23. The van der Waals surface area contributed by atoms with E-state index in [1.54, 1.807) is 0 Å². The first kappa shape index (κ1) is 12.5. The molecule has 2 atom stereocenters. The molecule has 2 rings (SSSR count). The van der Waals surface area contributed by atoms with Crippen LogP contribution in [0.15, 0.2) is 23.2 Å². The van der Waals surface area contributed by atoms with Crippen LogP contribution in [0.4, 0.5) is 18.9 Å². The Hall–Kier alpha value is -1.92. The number of rotatable bonds is 2. The molecule has 0 unspecified atom stereocenters. The van der Waals surface area contributed by atoms with Gasteiger partial charge in [0.2, 0.25) is 0 Å². The molecule has 1 aliphatic heterocycles. The summed E-state index contributed by atoms with van der Waals surface area (Å²) in [7, 11) is 0. The lowest BCUT2D eigenvalue weighted by atomic mass is 9.86. The van der Waals surface area contributed by atoms with E-state index in [0.717, 1.165) is 12.1 Å². The topological polar surface area (TPSA) is 73.6 Å². The van der Waals surface area contributed by atoms with Gasteiger partial charge in [-0.15, -0.1) is 0 Å². The van der Waals surface area contributed by atoms with Gasteiger partial charge >= 0.3 is 0 Å². The molecule has 1 heterocycles. The van der Waals surface area contributed by atoms with Crippen molar-refractivity contribution in [1.82, 2.24) is 0 Å². The maximum Gasteiger partial charge on any atom is 0.283 e. The lowest BCUT2D eigenvalue weighted by molar-refractivity contribution is 0.0664. The molecule has 0 saturated heterocycles. The van der Waals surface area contributed by atoms with Gasteiger partial charge in [-0.05, 0) is 18.2 Å². The highest BCUT2D eigenvalue weighted by Crippen LogP contribution is 2.37. The first-order valence-corrected chi connectivity index (χ1v) is 5.23. The zero-order valence-corrected chi connectivity index (χ0v) is 9.37. The lowest BCUT2D eigenvalue weighted by Crippen LogP contribution is -2.47. The summed E-state index contributed by atoms with van der Waals surface area (Å²) in [5, 5.41) is 0. The molecule has 0 bridgehead atoms. The minimum absolute atomic E-state index is 0.187. The molecule has 1 aliphatic rings. The number of anilines is 1. The van der Waals surface area contributed by atoms with Crippen LogP contribution in [0.5, 0.6) is 0 Å². The number of nitrogens with zero attached hydrogens (tertiary/aromatic N) is 1. The van der Waals surface area contributed by atoms with Crippen molar-refractivity contribution in [2.75, 3.05) is 19.0 Å². The Balaban J connectivity index is 2.62. The van der Waals surface area contributed by atoms with Gasteiger partial charge in [-0.25, -0.2) is 18.2 Å². The Bertz CT molecular complexity index is 494. The molecule has 0 amide bonds. The molecule has 0 fully saturated rings. The second kappa shape index (κ2) is 4.40. The minimum Gasteiger partial charge on any atom is -0.462 e. The normalized spacial score (nSPS) is 27.5. The van der Waals surface area contributed by atoms with Gasteiger partial charge in [0.05, 0.1) is 0 Å². The van der Waals surface area contributed by atoms with E-state index in [2.05, 4.69) is 9.73 Å². The van der Waals surface area contributed by atoms with Gasteiger partial charge in [0, 0.05) is 11.3 Å². The number of hydrogen-bond donors (Lipinski definition) is 2. The third-order valence-corrected chi connectivity index (χ3v) is 2.87. The summed E-state index contributed by atoms with van der Waals surface area (Å²) in [6, 6.07) is 3.12. The van der Waals surface area contributed by atoms with Gasteiger partial charge in [0.15, 0.2) is 11.7 Å². The predicted molar refractivity (Wildman–Crippen MR) is 60.9 cm³/mol. The standard InChI is InChI=1S/C11H12F3N3O/c12-5-11(9(14)4-18-10(16)17-11)7-3-6(15)1-2-8(7)13/h1-3,9H,4-5,15H2,(H2,16,17)/t9-,11+/m0/s1. The van der Waals surface area contributed by atoms with Crippen LogP contribution >= 0.6 is 0 Å². The number of alkyl halides is 2. The fourth-order valence-corrected chi connectivity index (χ4v) is 1.88. The number of nitrogens with two attached hydrogens (primary N) is 2. The highest BCUT2D eigenvalue weighted by atomic mass is 19.1. The van der Waals surface area contributed by atoms with Crippen LogP contribution in [0.2, 0.25) is 0 Å². The van der Waals surface area contributed by atoms with Crippen LogP contribution in [-0.2, 0) is 10.3 Å². The van der Waals surface area contributed by atoms with Crippen molar-refractivity contribution in [2.24, 2.45) is 10.7 Å². The van der Waals surface area contributed by atoms with Crippen LogP contribution in [-0.4, -0.2) is 25.5 Å². The van der Waals surface area contributed by atoms with Crippen molar-refractivity contribution >= 4 is 11.7 Å². The van der Waals surface area contributed by atoms with Crippen LogP contribution in [0.1, 0.15) is 5.56 Å². The Labute approximate surface area is 101 Å². The fourth-order valence-electron chi connectivity index (χ4n) is 1.88. The van der Waals surface area contributed by atoms with E-state index in [4.69, 9.17) is 11.5 Å². The molecule has 1 aromatic rings. The Morgan fingerprint density at radius 1 is 1.44 bits per heavy atom. The molecule has 1 aromatic carbocycles. The van der Waals surface area contributed by atoms with Crippen molar-refractivity contribution in [3.63, 3.8) is 0 Å². The predicted octanol–water partition coefficient (Wildman–Crippen LogP) is 1.26. The van der Waals surface area contributed by atoms with E-state index in [9.17, 15) is 13.2 Å². The van der Waals surface area contributed by atoms with Crippen LogP contribution in [0, 0.1) is 5.82 Å². The van der Waals surface area contributed by atoms with Crippen molar-refractivity contribution < 1.29 is 17.9 Å². The van der Waals surface area contributed by atoms with Crippen molar-refractivity contribution in [3.8, 4) is 0 Å². The maximum absolute atomic E-state index is 13.9. The van der Waals surface area contributed by atoms with E-state index < -0.39 is 30.8 Å².